The molecular weight excluding hydrogens is 362 g/mol. The van der Waals surface area contributed by atoms with Gasteiger partial charge < -0.3 is 15.4 Å². The monoisotopic (exact) mass is 383 g/mol. The van der Waals surface area contributed by atoms with E-state index in [1.807, 2.05) is 32.0 Å². The number of nitrogens with zero attached hydrogens (tertiary/aromatic N) is 1. The molecule has 6 nitrogen and oxygen atoms in total. The number of aromatic amines is 1. The molecule has 1 aromatic heterocycles. The molecule has 0 saturated carbocycles. The number of carbonyl (C=O) groups excluding carboxylic acids is 1. The van der Waals surface area contributed by atoms with Crippen molar-refractivity contribution in [1.82, 2.24) is 14.9 Å². The van der Waals surface area contributed by atoms with Crippen LogP contribution in [-0.4, -0.2) is 33.2 Å². The number of aromatic nitrogens is 2. The fourth-order valence-corrected chi connectivity index (χ4v) is 3.20. The van der Waals surface area contributed by atoms with Gasteiger partial charge in [-0.1, -0.05) is 12.1 Å². The summed E-state index contributed by atoms with van der Waals surface area (Å²) in [5.74, 6) is -0.323. The maximum absolute atomic E-state index is 13.1. The van der Waals surface area contributed by atoms with Gasteiger partial charge in [0.2, 0.25) is 0 Å². The predicted octanol–water partition coefficient (Wildman–Crippen LogP) is 2.78. The Hall–Kier alpha value is -2.77. The van der Waals surface area contributed by atoms with E-state index in [0.29, 0.717) is 16.5 Å². The topological polar surface area (TPSA) is 87.1 Å². The van der Waals surface area contributed by atoms with Crippen molar-refractivity contribution in [2.75, 3.05) is 6.61 Å². The molecule has 27 heavy (non-hydrogen) atoms. The van der Waals surface area contributed by atoms with Crippen molar-refractivity contribution in [3.05, 3.63) is 68.2 Å². The van der Waals surface area contributed by atoms with Crippen LogP contribution in [0.2, 0.25) is 0 Å². The Balaban J connectivity index is 2.15. The van der Waals surface area contributed by atoms with Crippen molar-refractivity contribution in [2.24, 2.45) is 0 Å². The molecule has 0 bridgehead atoms. The van der Waals surface area contributed by atoms with E-state index in [1.165, 1.54) is 4.57 Å². The van der Waals surface area contributed by atoms with Gasteiger partial charge >= 0.3 is 0 Å². The van der Waals surface area contributed by atoms with Gasteiger partial charge in [-0.15, -0.1) is 0 Å². The summed E-state index contributed by atoms with van der Waals surface area (Å²) < 4.78 is 1.75. The first kappa shape index (κ1) is 19.0. The van der Waals surface area contributed by atoms with Gasteiger partial charge in [-0.05, 0) is 68.4 Å². The van der Waals surface area contributed by atoms with Crippen LogP contribution in [0.4, 0.5) is 0 Å². The molecule has 0 aliphatic heterocycles. The first-order valence-corrected chi connectivity index (χ1v) is 9.01. The predicted molar refractivity (Wildman–Crippen MR) is 108 cm³/mol. The van der Waals surface area contributed by atoms with Gasteiger partial charge in [0, 0.05) is 11.6 Å². The van der Waals surface area contributed by atoms with Gasteiger partial charge in [0.05, 0.1) is 23.2 Å². The molecule has 0 fully saturated rings. The molecule has 7 heteroatoms. The fourth-order valence-electron chi connectivity index (χ4n) is 2.91. The number of hydrogen-bond acceptors (Lipinski definition) is 4. The Morgan fingerprint density at radius 1 is 1.30 bits per heavy atom. The van der Waals surface area contributed by atoms with E-state index in [2.05, 4.69) is 10.3 Å². The highest BCUT2D eigenvalue weighted by Gasteiger charge is 2.14. The molecule has 3 N–H and O–H groups in total. The Kier molecular flexibility index (Phi) is 5.25. The zero-order valence-electron chi connectivity index (χ0n) is 15.4. The minimum Gasteiger partial charge on any atom is -0.394 e. The Morgan fingerprint density at radius 3 is 2.74 bits per heavy atom. The molecule has 140 valence electrons. The van der Waals surface area contributed by atoms with Crippen molar-refractivity contribution in [3.8, 4) is 5.69 Å². The van der Waals surface area contributed by atoms with Crippen molar-refractivity contribution < 1.29 is 9.90 Å². The van der Waals surface area contributed by atoms with Crippen molar-refractivity contribution in [1.29, 1.82) is 0 Å². The summed E-state index contributed by atoms with van der Waals surface area (Å²) in [5, 5.41) is 12.2. The molecule has 2 aromatic carbocycles. The van der Waals surface area contributed by atoms with E-state index in [4.69, 9.17) is 17.3 Å². The fraction of sp³-hybridized carbons (Fsp3) is 0.250. The largest absolute Gasteiger partial charge is 0.394 e. The number of benzene rings is 2. The number of nitrogens with one attached hydrogen (secondary N) is 2. The molecule has 0 saturated heterocycles. The number of aryl methyl sites for hydroxylation is 1. The summed E-state index contributed by atoms with van der Waals surface area (Å²) >= 11 is 5.42. The Bertz CT molecular complexity index is 1150. The van der Waals surface area contributed by atoms with Crippen LogP contribution in [0.1, 0.15) is 28.4 Å². The van der Waals surface area contributed by atoms with E-state index in [1.54, 1.807) is 25.1 Å². The zero-order chi connectivity index (χ0) is 19.7. The number of aliphatic hydroxyl groups is 1. The van der Waals surface area contributed by atoms with Gasteiger partial charge in [0.15, 0.2) is 4.77 Å². The lowest BCUT2D eigenvalue weighted by molar-refractivity contribution is 0.0922. The standard InChI is InChI=1S/C20H21N3O3S/c1-11-5-4-6-17(13(11)3)23-19(26)15-8-7-14(9-16(15)22-20(23)27)18(25)21-12(2)10-24/h4-9,12,24H,10H2,1-3H3,(H,21,25)(H,22,27). The summed E-state index contributed by atoms with van der Waals surface area (Å²) in [6.45, 7) is 5.49. The van der Waals surface area contributed by atoms with Crippen LogP contribution >= 0.6 is 12.2 Å². The lowest BCUT2D eigenvalue weighted by atomic mass is 10.1. The average molecular weight is 383 g/mol. The molecule has 0 radical (unpaired) electrons. The van der Waals surface area contributed by atoms with Crippen LogP contribution in [0, 0.1) is 18.6 Å². The molecular formula is C20H21N3O3S. The number of fused-ring (bicyclic) bond motifs is 1. The molecule has 1 heterocycles. The maximum atomic E-state index is 13.1. The molecule has 1 atom stereocenters. The third-order valence-corrected chi connectivity index (χ3v) is 4.91. The number of aliphatic hydroxyl groups excluding tert-OH is 1. The maximum Gasteiger partial charge on any atom is 0.266 e. The normalized spacial score (nSPS) is 12.1. The van der Waals surface area contributed by atoms with E-state index < -0.39 is 0 Å². The van der Waals surface area contributed by atoms with Crippen molar-refractivity contribution in [2.45, 2.75) is 26.8 Å². The second kappa shape index (κ2) is 7.46. The molecule has 0 aliphatic carbocycles. The SMILES string of the molecule is Cc1cccc(-n2c(=S)[nH]c3cc(C(=O)NC(C)CO)ccc3c2=O)c1C. The van der Waals surface area contributed by atoms with Crippen LogP contribution < -0.4 is 10.9 Å². The molecule has 1 amide bonds. The quantitative estimate of drug-likeness (QED) is 0.605. The van der Waals surface area contributed by atoms with Gasteiger partial charge in [-0.3, -0.25) is 14.2 Å². The average Bonchev–Trinajstić information content (AvgIpc) is 2.64. The van der Waals surface area contributed by atoms with Crippen LogP contribution in [0.25, 0.3) is 16.6 Å². The first-order chi connectivity index (χ1) is 12.8. The minimum absolute atomic E-state index is 0.150. The van der Waals surface area contributed by atoms with Gasteiger partial charge in [0.1, 0.15) is 0 Å². The van der Waals surface area contributed by atoms with Gasteiger partial charge in [0.25, 0.3) is 11.5 Å². The molecule has 0 aliphatic rings. The summed E-state index contributed by atoms with van der Waals surface area (Å²) in [7, 11) is 0. The molecule has 3 aromatic rings. The van der Waals surface area contributed by atoms with Crippen molar-refractivity contribution in [3.63, 3.8) is 0 Å². The van der Waals surface area contributed by atoms with E-state index in [0.717, 1.165) is 16.8 Å². The number of H-pyrrole nitrogens is 1. The second-order valence-corrected chi connectivity index (χ2v) is 6.99. The summed E-state index contributed by atoms with van der Waals surface area (Å²) in [6.07, 6.45) is 0. The first-order valence-electron chi connectivity index (χ1n) is 8.61. The Labute approximate surface area is 161 Å². The highest BCUT2D eigenvalue weighted by atomic mass is 32.1. The van der Waals surface area contributed by atoms with E-state index >= 15 is 0 Å². The smallest absolute Gasteiger partial charge is 0.266 e. The van der Waals surface area contributed by atoms with Gasteiger partial charge in [-0.2, -0.15) is 0 Å². The highest BCUT2D eigenvalue weighted by Crippen LogP contribution is 2.18. The number of rotatable bonds is 4. The van der Waals surface area contributed by atoms with Crippen LogP contribution in [0.5, 0.6) is 0 Å². The lowest BCUT2D eigenvalue weighted by Gasteiger charge is -2.13. The van der Waals surface area contributed by atoms with Crippen LogP contribution in [0.3, 0.4) is 0 Å². The van der Waals surface area contributed by atoms with E-state index in [9.17, 15) is 9.59 Å². The Morgan fingerprint density at radius 2 is 2.04 bits per heavy atom. The highest BCUT2D eigenvalue weighted by molar-refractivity contribution is 7.71. The van der Waals surface area contributed by atoms with Crippen LogP contribution in [0.15, 0.2) is 41.2 Å². The van der Waals surface area contributed by atoms with Crippen LogP contribution in [-0.2, 0) is 0 Å². The summed E-state index contributed by atoms with van der Waals surface area (Å²) in [5.41, 5.74) is 3.43. The van der Waals surface area contributed by atoms with Crippen molar-refractivity contribution >= 4 is 29.0 Å². The van der Waals surface area contributed by atoms with Gasteiger partial charge in [-0.25, -0.2) is 0 Å². The second-order valence-electron chi connectivity index (χ2n) is 6.61. The molecule has 3 rings (SSSR count). The zero-order valence-corrected chi connectivity index (χ0v) is 16.2. The summed E-state index contributed by atoms with van der Waals surface area (Å²) in [6, 6.07) is 10.2. The third kappa shape index (κ3) is 3.56. The summed E-state index contributed by atoms with van der Waals surface area (Å²) in [4.78, 5) is 28.4. The molecule has 1 unspecified atom stereocenters. The molecule has 0 spiro atoms. The number of carbonyl (C=O) groups is 1. The number of hydrogen-bond donors (Lipinski definition) is 3. The lowest BCUT2D eigenvalue weighted by Crippen LogP contribution is -2.35. The van der Waals surface area contributed by atoms with E-state index in [-0.39, 0.29) is 28.9 Å². The third-order valence-electron chi connectivity index (χ3n) is 4.63. The minimum atomic E-state index is -0.357. The number of amides is 1.